The van der Waals surface area contributed by atoms with Gasteiger partial charge in [0.05, 0.1) is 19.8 Å². The zero-order valence-electron chi connectivity index (χ0n) is 13.1. The third-order valence-corrected chi connectivity index (χ3v) is 3.91. The molecule has 0 atom stereocenters. The Balaban J connectivity index is 2.11. The molecule has 0 radical (unpaired) electrons. The maximum atomic E-state index is 5.40. The molecular formula is C14H26N4O2S. The van der Waals surface area contributed by atoms with Gasteiger partial charge >= 0.3 is 0 Å². The number of aliphatic imine (C=N–C) groups is 1. The Hall–Kier alpha value is -1.18. The van der Waals surface area contributed by atoms with Crippen molar-refractivity contribution in [2.24, 2.45) is 4.99 Å². The molecule has 0 saturated carbocycles. The number of hydrogen-bond donors (Lipinski definition) is 2. The first-order valence-corrected chi connectivity index (χ1v) is 8.06. The van der Waals surface area contributed by atoms with Gasteiger partial charge in [0.15, 0.2) is 5.96 Å². The fraction of sp³-hybridized carbons (Fsp3) is 0.714. The normalized spacial score (nSPS) is 11.7. The van der Waals surface area contributed by atoms with Gasteiger partial charge in [-0.15, -0.1) is 11.3 Å². The van der Waals surface area contributed by atoms with Crippen LogP contribution in [0.25, 0.3) is 0 Å². The second-order valence-electron chi connectivity index (χ2n) is 4.39. The molecule has 1 aromatic rings. The average molecular weight is 314 g/mol. The van der Waals surface area contributed by atoms with Gasteiger partial charge in [0.25, 0.3) is 0 Å². The number of guanidine groups is 1. The molecule has 1 aromatic heterocycles. The van der Waals surface area contributed by atoms with Gasteiger partial charge in [0.1, 0.15) is 5.01 Å². The number of nitrogens with zero attached hydrogens (tertiary/aromatic N) is 2. The van der Waals surface area contributed by atoms with E-state index >= 15 is 0 Å². The SMILES string of the molecule is CCc1cnc(CNC(=NC)NCCCOCCOC)s1. The van der Waals surface area contributed by atoms with Gasteiger partial charge in [-0.05, 0) is 12.8 Å². The van der Waals surface area contributed by atoms with Crippen LogP contribution in [0, 0.1) is 0 Å². The van der Waals surface area contributed by atoms with Crippen LogP contribution >= 0.6 is 11.3 Å². The van der Waals surface area contributed by atoms with E-state index in [1.165, 1.54) is 4.88 Å². The number of aryl methyl sites for hydroxylation is 1. The standard InChI is InChI=1S/C14H26N4O2S/c1-4-12-10-17-13(21-12)11-18-14(15-2)16-6-5-7-20-9-8-19-3/h10H,4-9,11H2,1-3H3,(H2,15,16,18). The molecule has 0 spiro atoms. The highest BCUT2D eigenvalue weighted by Crippen LogP contribution is 2.12. The maximum absolute atomic E-state index is 5.40. The molecule has 2 N–H and O–H groups in total. The van der Waals surface area contributed by atoms with Crippen LogP contribution < -0.4 is 10.6 Å². The molecule has 21 heavy (non-hydrogen) atoms. The Kier molecular flexibility index (Phi) is 9.77. The molecule has 1 rings (SSSR count). The van der Waals surface area contributed by atoms with Gasteiger partial charge < -0.3 is 20.1 Å². The fourth-order valence-electron chi connectivity index (χ4n) is 1.60. The van der Waals surface area contributed by atoms with E-state index in [1.807, 2.05) is 6.20 Å². The van der Waals surface area contributed by atoms with Crippen molar-refractivity contribution in [2.45, 2.75) is 26.3 Å². The quantitative estimate of drug-likeness (QED) is 0.388. The van der Waals surface area contributed by atoms with Crippen molar-refractivity contribution in [2.75, 3.05) is 40.5 Å². The second kappa shape index (κ2) is 11.5. The molecule has 0 aliphatic rings. The van der Waals surface area contributed by atoms with E-state index < -0.39 is 0 Å². The lowest BCUT2D eigenvalue weighted by molar-refractivity contribution is 0.0698. The molecule has 120 valence electrons. The first kappa shape index (κ1) is 17.9. The minimum absolute atomic E-state index is 0.643. The molecule has 7 heteroatoms. The minimum Gasteiger partial charge on any atom is -0.382 e. The van der Waals surface area contributed by atoms with Crippen molar-refractivity contribution in [3.05, 3.63) is 16.1 Å². The lowest BCUT2D eigenvalue weighted by atomic mass is 10.4. The van der Waals surface area contributed by atoms with Gasteiger partial charge in [-0.25, -0.2) is 4.98 Å². The smallest absolute Gasteiger partial charge is 0.191 e. The summed E-state index contributed by atoms with van der Waals surface area (Å²) < 4.78 is 10.3. The predicted octanol–water partition coefficient (Wildman–Crippen LogP) is 1.42. The van der Waals surface area contributed by atoms with E-state index in [9.17, 15) is 0 Å². The van der Waals surface area contributed by atoms with E-state index in [2.05, 4.69) is 27.5 Å². The monoisotopic (exact) mass is 314 g/mol. The summed E-state index contributed by atoms with van der Waals surface area (Å²) in [5.41, 5.74) is 0. The van der Waals surface area contributed by atoms with Gasteiger partial charge in [-0.2, -0.15) is 0 Å². The number of aromatic nitrogens is 1. The lowest BCUT2D eigenvalue weighted by Gasteiger charge is -2.10. The molecule has 0 aliphatic heterocycles. The summed E-state index contributed by atoms with van der Waals surface area (Å²) in [5.74, 6) is 0.792. The van der Waals surface area contributed by atoms with Crippen molar-refractivity contribution < 1.29 is 9.47 Å². The highest BCUT2D eigenvalue weighted by molar-refractivity contribution is 7.11. The molecule has 0 aromatic carbocycles. The number of rotatable bonds is 10. The van der Waals surface area contributed by atoms with Crippen molar-refractivity contribution in [3.8, 4) is 0 Å². The molecule has 0 bridgehead atoms. The number of thiazole rings is 1. The largest absolute Gasteiger partial charge is 0.382 e. The maximum Gasteiger partial charge on any atom is 0.191 e. The summed E-state index contributed by atoms with van der Waals surface area (Å²) in [7, 11) is 3.44. The fourth-order valence-corrected chi connectivity index (χ4v) is 2.40. The van der Waals surface area contributed by atoms with E-state index in [-0.39, 0.29) is 0 Å². The van der Waals surface area contributed by atoms with Crippen molar-refractivity contribution >= 4 is 17.3 Å². The third-order valence-electron chi connectivity index (χ3n) is 2.77. The molecule has 0 aliphatic carbocycles. The van der Waals surface area contributed by atoms with Crippen molar-refractivity contribution in [1.29, 1.82) is 0 Å². The third kappa shape index (κ3) is 7.99. The molecule has 1 heterocycles. The Labute approximate surface area is 131 Å². The first-order chi connectivity index (χ1) is 10.3. The van der Waals surface area contributed by atoms with Crippen LogP contribution in [0.4, 0.5) is 0 Å². The zero-order valence-corrected chi connectivity index (χ0v) is 14.0. The Morgan fingerprint density at radius 2 is 2.19 bits per heavy atom. The van der Waals surface area contributed by atoms with Gasteiger partial charge in [0.2, 0.25) is 0 Å². The summed E-state index contributed by atoms with van der Waals surface area (Å²) in [6.45, 7) is 5.68. The van der Waals surface area contributed by atoms with Gasteiger partial charge in [0, 0.05) is 38.4 Å². The first-order valence-electron chi connectivity index (χ1n) is 7.25. The zero-order chi connectivity index (χ0) is 15.3. The number of nitrogens with one attached hydrogen (secondary N) is 2. The Bertz CT molecular complexity index is 409. The predicted molar refractivity (Wildman–Crippen MR) is 87.0 cm³/mol. The van der Waals surface area contributed by atoms with Gasteiger partial charge in [-0.3, -0.25) is 4.99 Å². The van der Waals surface area contributed by atoms with Crippen LogP contribution in [0.1, 0.15) is 23.2 Å². The molecule has 0 unspecified atom stereocenters. The Morgan fingerprint density at radius 1 is 1.33 bits per heavy atom. The van der Waals surface area contributed by atoms with E-state index in [0.717, 1.165) is 37.0 Å². The number of hydrogen-bond acceptors (Lipinski definition) is 5. The topological polar surface area (TPSA) is 67.8 Å². The molecular weight excluding hydrogens is 288 g/mol. The summed E-state index contributed by atoms with van der Waals surface area (Å²) >= 11 is 1.74. The Morgan fingerprint density at radius 3 is 2.86 bits per heavy atom. The summed E-state index contributed by atoms with van der Waals surface area (Å²) in [6.07, 6.45) is 3.91. The van der Waals surface area contributed by atoms with E-state index in [4.69, 9.17) is 9.47 Å². The van der Waals surface area contributed by atoms with Crippen molar-refractivity contribution in [1.82, 2.24) is 15.6 Å². The average Bonchev–Trinajstić information content (AvgIpc) is 2.97. The molecule has 0 fully saturated rings. The van der Waals surface area contributed by atoms with Crippen molar-refractivity contribution in [3.63, 3.8) is 0 Å². The van der Waals surface area contributed by atoms with Crippen LogP contribution in [0.15, 0.2) is 11.2 Å². The lowest BCUT2D eigenvalue weighted by Crippen LogP contribution is -2.37. The van der Waals surface area contributed by atoms with Crippen LogP contribution in [0.5, 0.6) is 0 Å². The van der Waals surface area contributed by atoms with E-state index in [1.54, 1.807) is 25.5 Å². The molecule has 6 nitrogen and oxygen atoms in total. The number of methoxy groups -OCH3 is 1. The van der Waals surface area contributed by atoms with Gasteiger partial charge in [-0.1, -0.05) is 6.92 Å². The van der Waals surface area contributed by atoms with Crippen LogP contribution in [0.3, 0.4) is 0 Å². The van der Waals surface area contributed by atoms with Crippen LogP contribution in [-0.4, -0.2) is 51.5 Å². The minimum atomic E-state index is 0.643. The molecule has 0 saturated heterocycles. The second-order valence-corrected chi connectivity index (χ2v) is 5.58. The number of ether oxygens (including phenoxy) is 2. The molecule has 0 amide bonds. The van der Waals surface area contributed by atoms with Crippen LogP contribution in [0.2, 0.25) is 0 Å². The van der Waals surface area contributed by atoms with E-state index in [0.29, 0.717) is 19.8 Å². The summed E-state index contributed by atoms with van der Waals surface area (Å²) in [4.78, 5) is 9.87. The highest BCUT2D eigenvalue weighted by Gasteiger charge is 2.02. The highest BCUT2D eigenvalue weighted by atomic mass is 32.1. The van der Waals surface area contributed by atoms with Crippen LogP contribution in [-0.2, 0) is 22.4 Å². The summed E-state index contributed by atoms with van der Waals surface area (Å²) in [5, 5.41) is 7.60. The summed E-state index contributed by atoms with van der Waals surface area (Å²) in [6, 6.07) is 0.